The van der Waals surface area contributed by atoms with Gasteiger partial charge >= 0.3 is 6.18 Å². The number of rotatable bonds is 9. The van der Waals surface area contributed by atoms with Gasteiger partial charge in [0.1, 0.15) is 0 Å². The Morgan fingerprint density at radius 1 is 1.13 bits per heavy atom. The van der Waals surface area contributed by atoms with Crippen LogP contribution in [-0.4, -0.2) is 63.2 Å². The fraction of sp³-hybridized carbons (Fsp3) is 0.571. The first-order chi connectivity index (χ1) is 14.1. The Labute approximate surface area is 175 Å². The molecule has 0 unspecified atom stereocenters. The number of hydrogen-bond donors (Lipinski definition) is 0. The van der Waals surface area contributed by atoms with Crippen LogP contribution in [0.3, 0.4) is 0 Å². The molecule has 1 amide bonds. The summed E-state index contributed by atoms with van der Waals surface area (Å²) in [5, 5.41) is 4.20. The van der Waals surface area contributed by atoms with Gasteiger partial charge in [-0.15, -0.1) is 0 Å². The Bertz CT molecular complexity index is 826. The van der Waals surface area contributed by atoms with Gasteiger partial charge in [-0.1, -0.05) is 27.7 Å². The van der Waals surface area contributed by atoms with Crippen molar-refractivity contribution in [3.05, 3.63) is 41.3 Å². The fourth-order valence-corrected chi connectivity index (χ4v) is 3.22. The maximum Gasteiger partial charge on any atom is 0.417 e. The number of halogens is 3. The quantitative estimate of drug-likeness (QED) is 0.609. The van der Waals surface area contributed by atoms with Crippen molar-refractivity contribution in [2.24, 2.45) is 5.92 Å². The lowest BCUT2D eigenvalue weighted by atomic mass is 10.1. The summed E-state index contributed by atoms with van der Waals surface area (Å²) in [5.74, 6) is 0.405. The van der Waals surface area contributed by atoms with Crippen molar-refractivity contribution in [3.63, 3.8) is 0 Å². The number of likely N-dealkylation sites (N-methyl/N-ethyl adjacent to an activating group) is 1. The van der Waals surface area contributed by atoms with Crippen molar-refractivity contribution in [1.82, 2.24) is 24.6 Å². The molecule has 0 atom stereocenters. The van der Waals surface area contributed by atoms with Crippen LogP contribution in [0.2, 0.25) is 0 Å². The summed E-state index contributed by atoms with van der Waals surface area (Å²) >= 11 is 0. The molecule has 9 heteroatoms. The molecule has 2 rings (SSSR count). The molecule has 0 bridgehead atoms. The number of hydrogen-bond acceptors (Lipinski definition) is 4. The van der Waals surface area contributed by atoms with Gasteiger partial charge in [0.05, 0.1) is 23.0 Å². The lowest BCUT2D eigenvalue weighted by Gasteiger charge is -2.27. The molecule has 0 N–H and O–H groups in total. The predicted octanol–water partition coefficient (Wildman–Crippen LogP) is 4.03. The largest absolute Gasteiger partial charge is 0.417 e. The highest BCUT2D eigenvalue weighted by Gasteiger charge is 2.31. The summed E-state index contributed by atoms with van der Waals surface area (Å²) in [6, 6.07) is 2.21. The molecular weight excluding hydrogens is 395 g/mol. The Morgan fingerprint density at radius 2 is 1.80 bits per heavy atom. The van der Waals surface area contributed by atoms with E-state index in [0.717, 1.165) is 31.9 Å². The van der Waals surface area contributed by atoms with E-state index in [0.29, 0.717) is 30.3 Å². The van der Waals surface area contributed by atoms with Crippen molar-refractivity contribution in [3.8, 4) is 5.82 Å². The molecule has 2 aromatic rings. The third kappa shape index (κ3) is 5.81. The Balaban J connectivity index is 2.25. The summed E-state index contributed by atoms with van der Waals surface area (Å²) in [4.78, 5) is 21.1. The zero-order valence-corrected chi connectivity index (χ0v) is 18.2. The molecule has 0 radical (unpaired) electrons. The van der Waals surface area contributed by atoms with Crippen LogP contribution in [-0.2, 0) is 6.18 Å². The minimum Gasteiger partial charge on any atom is -0.337 e. The highest BCUT2D eigenvalue weighted by molar-refractivity contribution is 5.95. The van der Waals surface area contributed by atoms with Crippen LogP contribution >= 0.6 is 0 Å². The second-order valence-electron chi connectivity index (χ2n) is 7.63. The highest BCUT2D eigenvalue weighted by Crippen LogP contribution is 2.29. The summed E-state index contributed by atoms with van der Waals surface area (Å²) in [5.41, 5.74) is 0.146. The molecule has 0 saturated carbocycles. The lowest BCUT2D eigenvalue weighted by Crippen LogP contribution is -2.40. The number of pyridine rings is 1. The number of nitrogens with zero attached hydrogens (tertiary/aromatic N) is 5. The third-order valence-corrected chi connectivity index (χ3v) is 4.99. The molecule has 30 heavy (non-hydrogen) atoms. The molecule has 2 heterocycles. The maximum absolute atomic E-state index is 13.2. The number of aromatic nitrogens is 3. The number of alkyl halides is 3. The molecule has 0 aliphatic heterocycles. The van der Waals surface area contributed by atoms with E-state index in [-0.39, 0.29) is 11.7 Å². The van der Waals surface area contributed by atoms with Crippen LogP contribution in [0.25, 0.3) is 5.82 Å². The van der Waals surface area contributed by atoms with Gasteiger partial charge in [0.2, 0.25) is 0 Å². The zero-order valence-electron chi connectivity index (χ0n) is 18.2. The Kier molecular flexibility index (Phi) is 8.00. The van der Waals surface area contributed by atoms with Crippen LogP contribution in [0.1, 0.15) is 49.3 Å². The zero-order chi connectivity index (χ0) is 22.5. The number of carbonyl (C=O) groups is 1. The second kappa shape index (κ2) is 10.1. The summed E-state index contributed by atoms with van der Waals surface area (Å²) in [6.45, 7) is 13.8. The Morgan fingerprint density at radius 3 is 2.30 bits per heavy atom. The molecule has 0 aliphatic carbocycles. The van der Waals surface area contributed by atoms with Crippen LogP contribution in [0.5, 0.6) is 0 Å². The standard InChI is InChI=1S/C21H30F3N5O/c1-6-27(7-2)10-11-28(14-15(3)4)20(30)18-13-26-29(16(18)5)19-9-8-17(12-25-19)21(22,23)24/h8-9,12-13,15H,6-7,10-11,14H2,1-5H3. The van der Waals surface area contributed by atoms with Gasteiger partial charge in [0.15, 0.2) is 5.82 Å². The summed E-state index contributed by atoms with van der Waals surface area (Å²) in [6.07, 6.45) is -2.22. The molecular formula is C21H30F3N5O. The van der Waals surface area contributed by atoms with Crippen molar-refractivity contribution < 1.29 is 18.0 Å². The van der Waals surface area contributed by atoms with E-state index in [9.17, 15) is 18.0 Å². The lowest BCUT2D eigenvalue weighted by molar-refractivity contribution is -0.137. The van der Waals surface area contributed by atoms with E-state index >= 15 is 0 Å². The topological polar surface area (TPSA) is 54.3 Å². The van der Waals surface area contributed by atoms with Gasteiger partial charge in [-0.3, -0.25) is 4.79 Å². The normalized spacial score (nSPS) is 12.1. The van der Waals surface area contributed by atoms with E-state index in [1.165, 1.54) is 16.9 Å². The Hall–Kier alpha value is -2.42. The van der Waals surface area contributed by atoms with Crippen LogP contribution in [0.4, 0.5) is 13.2 Å². The van der Waals surface area contributed by atoms with Gasteiger partial charge < -0.3 is 9.80 Å². The monoisotopic (exact) mass is 425 g/mol. The molecule has 2 aromatic heterocycles. The predicted molar refractivity (Wildman–Crippen MR) is 110 cm³/mol. The van der Waals surface area contributed by atoms with E-state index in [1.807, 2.05) is 4.90 Å². The molecule has 0 aliphatic rings. The summed E-state index contributed by atoms with van der Waals surface area (Å²) < 4.78 is 39.7. The van der Waals surface area contributed by atoms with Crippen molar-refractivity contribution in [2.75, 3.05) is 32.7 Å². The van der Waals surface area contributed by atoms with Crippen LogP contribution in [0.15, 0.2) is 24.5 Å². The fourth-order valence-electron chi connectivity index (χ4n) is 3.22. The maximum atomic E-state index is 13.2. The molecule has 0 saturated heterocycles. The van der Waals surface area contributed by atoms with Crippen molar-refractivity contribution in [1.29, 1.82) is 0 Å². The van der Waals surface area contributed by atoms with E-state index in [1.54, 1.807) is 6.92 Å². The first-order valence-corrected chi connectivity index (χ1v) is 10.2. The van der Waals surface area contributed by atoms with E-state index in [4.69, 9.17) is 0 Å². The van der Waals surface area contributed by atoms with Gasteiger partial charge in [-0.2, -0.15) is 18.3 Å². The molecule has 0 aromatic carbocycles. The van der Waals surface area contributed by atoms with Crippen LogP contribution < -0.4 is 0 Å². The van der Waals surface area contributed by atoms with Gasteiger partial charge in [-0.05, 0) is 38.1 Å². The minimum atomic E-state index is -4.45. The smallest absolute Gasteiger partial charge is 0.337 e. The molecule has 0 fully saturated rings. The SMILES string of the molecule is CCN(CC)CCN(CC(C)C)C(=O)c1cnn(-c2ccc(C(F)(F)F)cn2)c1C. The average Bonchev–Trinajstić information content (AvgIpc) is 3.07. The van der Waals surface area contributed by atoms with Crippen LogP contribution in [0, 0.1) is 12.8 Å². The van der Waals surface area contributed by atoms with Gasteiger partial charge in [0.25, 0.3) is 5.91 Å². The van der Waals surface area contributed by atoms with E-state index in [2.05, 4.69) is 42.7 Å². The number of amides is 1. The van der Waals surface area contributed by atoms with Crippen molar-refractivity contribution >= 4 is 5.91 Å². The van der Waals surface area contributed by atoms with Gasteiger partial charge in [0, 0.05) is 25.8 Å². The first-order valence-electron chi connectivity index (χ1n) is 10.2. The van der Waals surface area contributed by atoms with E-state index < -0.39 is 11.7 Å². The minimum absolute atomic E-state index is 0.133. The second-order valence-corrected chi connectivity index (χ2v) is 7.63. The first kappa shape index (κ1) is 23.9. The number of carbonyl (C=O) groups excluding carboxylic acids is 1. The average molecular weight is 425 g/mol. The molecule has 0 spiro atoms. The third-order valence-electron chi connectivity index (χ3n) is 4.99. The molecule has 166 valence electrons. The highest BCUT2D eigenvalue weighted by atomic mass is 19.4. The molecule has 6 nitrogen and oxygen atoms in total. The van der Waals surface area contributed by atoms with Gasteiger partial charge in [-0.25, -0.2) is 9.67 Å². The van der Waals surface area contributed by atoms with Crippen molar-refractivity contribution in [2.45, 2.75) is 40.8 Å². The summed E-state index contributed by atoms with van der Waals surface area (Å²) in [7, 11) is 0.